The molecule has 0 aromatic carbocycles. The second-order valence-corrected chi connectivity index (χ2v) is 5.57. The Bertz CT molecular complexity index is 778. The largest absolute Gasteiger partial charge is 0.379 e. The van der Waals surface area contributed by atoms with Crippen LogP contribution in [0.5, 0.6) is 0 Å². The zero-order valence-electron chi connectivity index (χ0n) is 11.8. The van der Waals surface area contributed by atoms with Gasteiger partial charge in [-0.2, -0.15) is 0 Å². The van der Waals surface area contributed by atoms with Crippen molar-refractivity contribution in [3.63, 3.8) is 0 Å². The molecule has 2 aromatic rings. The summed E-state index contributed by atoms with van der Waals surface area (Å²) in [5, 5.41) is 18.6. The van der Waals surface area contributed by atoms with E-state index in [2.05, 4.69) is 30.6 Å². The van der Waals surface area contributed by atoms with Crippen LogP contribution in [-0.2, 0) is 16.1 Å². The van der Waals surface area contributed by atoms with Crippen molar-refractivity contribution in [1.82, 2.24) is 25.4 Å². The lowest BCUT2D eigenvalue weighted by Gasteiger charge is -1.98. The van der Waals surface area contributed by atoms with Crippen molar-refractivity contribution in [1.29, 1.82) is 0 Å². The van der Waals surface area contributed by atoms with Gasteiger partial charge in [-0.1, -0.05) is 45.1 Å². The SMILES string of the molecule is C/C(Cc1nnn(-c2cc(C)on2)n1)=N\OC(=O)C(Cl)=C(Cl)Cl. The number of hydrogen-bond acceptors (Lipinski definition) is 8. The average molecular weight is 380 g/mol. The lowest BCUT2D eigenvalue weighted by atomic mass is 10.3. The first-order valence-corrected chi connectivity index (χ1v) is 7.18. The Morgan fingerprint density at radius 2 is 2.17 bits per heavy atom. The first-order valence-electron chi connectivity index (χ1n) is 6.05. The second kappa shape index (κ2) is 7.53. The van der Waals surface area contributed by atoms with Crippen molar-refractivity contribution in [2.24, 2.45) is 5.16 Å². The summed E-state index contributed by atoms with van der Waals surface area (Å²) >= 11 is 16.2. The Kier molecular flexibility index (Phi) is 5.69. The lowest BCUT2D eigenvalue weighted by molar-refractivity contribution is -0.138. The summed E-state index contributed by atoms with van der Waals surface area (Å²) in [5.74, 6) is 0.392. The smallest absolute Gasteiger partial charge is 0.359 e. The van der Waals surface area contributed by atoms with Gasteiger partial charge >= 0.3 is 5.97 Å². The predicted octanol–water partition coefficient (Wildman–Crippen LogP) is 2.31. The van der Waals surface area contributed by atoms with Crippen molar-refractivity contribution < 1.29 is 14.2 Å². The summed E-state index contributed by atoms with van der Waals surface area (Å²) in [6, 6.07) is 1.65. The first kappa shape index (κ1) is 17.4. The molecule has 2 aromatic heterocycles. The van der Waals surface area contributed by atoms with E-state index in [0.29, 0.717) is 23.1 Å². The molecule has 122 valence electrons. The third-order valence-electron chi connectivity index (χ3n) is 2.32. The second-order valence-electron chi connectivity index (χ2n) is 4.25. The molecule has 0 radical (unpaired) electrons. The predicted molar refractivity (Wildman–Crippen MR) is 81.4 cm³/mol. The fourth-order valence-electron chi connectivity index (χ4n) is 1.36. The number of carbonyl (C=O) groups is 1. The highest BCUT2D eigenvalue weighted by Crippen LogP contribution is 2.18. The fourth-order valence-corrected chi connectivity index (χ4v) is 1.55. The molecule has 0 saturated heterocycles. The number of hydrogen-bond donors (Lipinski definition) is 0. The number of rotatable bonds is 5. The van der Waals surface area contributed by atoms with E-state index in [1.165, 1.54) is 4.80 Å². The summed E-state index contributed by atoms with van der Waals surface area (Å²) in [6.07, 6.45) is 0.194. The van der Waals surface area contributed by atoms with E-state index in [1.54, 1.807) is 19.9 Å². The van der Waals surface area contributed by atoms with Gasteiger partial charge < -0.3 is 9.36 Å². The Morgan fingerprint density at radius 1 is 1.43 bits per heavy atom. The normalized spacial score (nSPS) is 11.4. The van der Waals surface area contributed by atoms with Gasteiger partial charge in [0.1, 0.15) is 10.3 Å². The van der Waals surface area contributed by atoms with Crippen LogP contribution in [-0.4, -0.2) is 37.0 Å². The molecule has 12 heteroatoms. The zero-order valence-corrected chi connectivity index (χ0v) is 14.1. The number of halogens is 3. The van der Waals surface area contributed by atoms with E-state index in [9.17, 15) is 4.79 Å². The monoisotopic (exact) mass is 378 g/mol. The van der Waals surface area contributed by atoms with Gasteiger partial charge in [-0.05, 0) is 19.1 Å². The molecule has 0 saturated carbocycles. The molecule has 0 bridgehead atoms. The Morgan fingerprint density at radius 3 is 2.78 bits per heavy atom. The van der Waals surface area contributed by atoms with E-state index >= 15 is 0 Å². The third kappa shape index (κ3) is 4.75. The molecular formula is C11H9Cl3N6O3. The minimum absolute atomic E-state index is 0.194. The first-order chi connectivity index (χ1) is 10.9. The molecule has 0 aliphatic heterocycles. The molecule has 9 nitrogen and oxygen atoms in total. The summed E-state index contributed by atoms with van der Waals surface area (Å²) in [6.45, 7) is 3.35. The van der Waals surface area contributed by atoms with E-state index in [0.717, 1.165) is 0 Å². The molecule has 2 heterocycles. The topological polar surface area (TPSA) is 108 Å². The Labute approximate surface area is 144 Å². The van der Waals surface area contributed by atoms with Crippen LogP contribution in [0, 0.1) is 6.92 Å². The van der Waals surface area contributed by atoms with Crippen LogP contribution in [0.1, 0.15) is 18.5 Å². The van der Waals surface area contributed by atoms with Crippen LogP contribution in [0.3, 0.4) is 0 Å². The maximum absolute atomic E-state index is 11.4. The molecule has 0 aliphatic carbocycles. The van der Waals surface area contributed by atoms with Crippen LogP contribution in [0.2, 0.25) is 0 Å². The molecular weight excluding hydrogens is 371 g/mol. The van der Waals surface area contributed by atoms with E-state index in [1.807, 2.05) is 0 Å². The highest BCUT2D eigenvalue weighted by Gasteiger charge is 2.14. The summed E-state index contributed by atoms with van der Waals surface area (Å²) in [4.78, 5) is 17.2. The van der Waals surface area contributed by atoms with Gasteiger partial charge in [0.15, 0.2) is 10.9 Å². The molecule has 0 fully saturated rings. The quantitative estimate of drug-likeness (QED) is 0.339. The summed E-state index contributed by atoms with van der Waals surface area (Å²) < 4.78 is 4.51. The average Bonchev–Trinajstić information content (AvgIpc) is 3.12. The van der Waals surface area contributed by atoms with Crippen molar-refractivity contribution in [3.8, 4) is 5.82 Å². The molecule has 0 unspecified atom stereocenters. The van der Waals surface area contributed by atoms with Crippen LogP contribution >= 0.6 is 34.8 Å². The minimum Gasteiger partial charge on any atom is -0.359 e. The molecule has 23 heavy (non-hydrogen) atoms. The van der Waals surface area contributed by atoms with Crippen molar-refractivity contribution >= 4 is 46.5 Å². The van der Waals surface area contributed by atoms with Gasteiger partial charge in [0.05, 0.1) is 12.1 Å². The summed E-state index contributed by atoms with van der Waals surface area (Å²) in [7, 11) is 0. The molecule has 0 aliphatic rings. The number of aryl methyl sites for hydroxylation is 1. The van der Waals surface area contributed by atoms with Gasteiger partial charge in [0.2, 0.25) is 5.82 Å². The van der Waals surface area contributed by atoms with Gasteiger partial charge in [-0.25, -0.2) is 4.79 Å². The number of oxime groups is 1. The molecule has 0 amide bonds. The van der Waals surface area contributed by atoms with Crippen LogP contribution in [0.15, 0.2) is 25.3 Å². The van der Waals surface area contributed by atoms with E-state index in [-0.39, 0.29) is 6.42 Å². The third-order valence-corrected chi connectivity index (χ3v) is 3.23. The van der Waals surface area contributed by atoms with Gasteiger partial charge in [-0.3, -0.25) is 0 Å². The van der Waals surface area contributed by atoms with Crippen LogP contribution in [0.4, 0.5) is 0 Å². The molecule has 0 N–H and O–H groups in total. The van der Waals surface area contributed by atoms with Gasteiger partial charge in [0, 0.05) is 6.07 Å². The van der Waals surface area contributed by atoms with Crippen molar-refractivity contribution in [3.05, 3.63) is 27.2 Å². The number of aromatic nitrogens is 5. The fraction of sp³-hybridized carbons (Fsp3) is 0.273. The lowest BCUT2D eigenvalue weighted by Crippen LogP contribution is -2.06. The van der Waals surface area contributed by atoms with Crippen LogP contribution in [0.25, 0.3) is 5.82 Å². The van der Waals surface area contributed by atoms with Crippen molar-refractivity contribution in [2.75, 3.05) is 0 Å². The summed E-state index contributed by atoms with van der Waals surface area (Å²) in [5.41, 5.74) is 0.407. The Hall–Kier alpha value is -1.97. The Balaban J connectivity index is 1.99. The van der Waals surface area contributed by atoms with Crippen LogP contribution < -0.4 is 0 Å². The zero-order chi connectivity index (χ0) is 17.0. The number of carbonyl (C=O) groups excluding carboxylic acids is 1. The van der Waals surface area contributed by atoms with Gasteiger partial charge in [0.25, 0.3) is 0 Å². The molecule has 0 atom stereocenters. The molecule has 2 rings (SSSR count). The van der Waals surface area contributed by atoms with E-state index in [4.69, 9.17) is 39.3 Å². The van der Waals surface area contributed by atoms with E-state index < -0.39 is 15.5 Å². The maximum Gasteiger partial charge on any atom is 0.379 e. The standard InChI is InChI=1S/C11H9Cl3N6O3/c1-5(17-23-11(21)9(12)10(13)14)3-7-15-19-20(16-7)8-4-6(2)22-18-8/h4H,3H2,1-2H3/b17-5+. The minimum atomic E-state index is -0.972. The van der Waals surface area contributed by atoms with Crippen molar-refractivity contribution in [2.45, 2.75) is 20.3 Å². The van der Waals surface area contributed by atoms with Gasteiger partial charge in [-0.15, -0.1) is 15.0 Å². The highest BCUT2D eigenvalue weighted by molar-refractivity contribution is 6.62. The number of tetrazole rings is 1. The highest BCUT2D eigenvalue weighted by atomic mass is 35.5. The number of nitrogens with zero attached hydrogens (tertiary/aromatic N) is 6. The maximum atomic E-state index is 11.4. The molecule has 0 spiro atoms.